The Morgan fingerprint density at radius 3 is 2.46 bits per heavy atom. The minimum absolute atomic E-state index is 0.883. The van der Waals surface area contributed by atoms with Gasteiger partial charge in [-0.25, -0.2) is 0 Å². The minimum Gasteiger partial charge on any atom is -0.0625 e. The highest BCUT2D eigenvalue weighted by atomic mass is 14.4. The molecule has 2 atom stereocenters. The van der Waals surface area contributed by atoms with Crippen molar-refractivity contribution < 1.29 is 0 Å². The van der Waals surface area contributed by atoms with Gasteiger partial charge in [-0.05, 0) is 36.2 Å². The number of benzene rings is 1. The zero-order valence-electron chi connectivity index (χ0n) is 8.53. The highest BCUT2D eigenvalue weighted by molar-refractivity contribution is 5.16. The molecule has 0 heterocycles. The summed E-state index contributed by atoms with van der Waals surface area (Å²) in [5.74, 6) is 2.86. The van der Waals surface area contributed by atoms with Crippen molar-refractivity contribution in [3.05, 3.63) is 35.9 Å². The van der Waals surface area contributed by atoms with E-state index in [0.717, 1.165) is 17.8 Å². The Hall–Kier alpha value is -0.780. The highest BCUT2D eigenvalue weighted by Crippen LogP contribution is 2.45. The van der Waals surface area contributed by atoms with Crippen LogP contribution in [0, 0.1) is 17.8 Å². The summed E-state index contributed by atoms with van der Waals surface area (Å²) in [6.45, 7) is 4.69. The van der Waals surface area contributed by atoms with Crippen LogP contribution >= 0.6 is 0 Å². The molecule has 1 saturated carbocycles. The lowest BCUT2D eigenvalue weighted by molar-refractivity contribution is 0.516. The number of hydrogen-bond acceptors (Lipinski definition) is 0. The van der Waals surface area contributed by atoms with Gasteiger partial charge < -0.3 is 0 Å². The quantitative estimate of drug-likeness (QED) is 0.657. The molecule has 0 heteroatoms. The first-order valence-electron chi connectivity index (χ1n) is 5.31. The Balaban J connectivity index is 1.88. The first kappa shape index (κ1) is 8.80. The Morgan fingerprint density at radius 2 is 1.92 bits per heavy atom. The summed E-state index contributed by atoms with van der Waals surface area (Å²) < 4.78 is 0. The summed E-state index contributed by atoms with van der Waals surface area (Å²) in [6.07, 6.45) is 2.75. The molecule has 70 valence electrons. The Morgan fingerprint density at radius 1 is 1.23 bits per heavy atom. The van der Waals surface area contributed by atoms with Crippen molar-refractivity contribution in [2.45, 2.75) is 26.7 Å². The lowest BCUT2D eigenvalue weighted by Crippen LogP contribution is -1.95. The van der Waals surface area contributed by atoms with Crippen molar-refractivity contribution in [3.63, 3.8) is 0 Å². The molecule has 0 amide bonds. The fourth-order valence-electron chi connectivity index (χ4n) is 2.24. The molecular weight excluding hydrogens is 156 g/mol. The van der Waals surface area contributed by atoms with Gasteiger partial charge in [-0.15, -0.1) is 0 Å². The van der Waals surface area contributed by atoms with Gasteiger partial charge in [0.15, 0.2) is 0 Å². The first-order valence-corrected chi connectivity index (χ1v) is 5.31. The van der Waals surface area contributed by atoms with Gasteiger partial charge in [-0.1, -0.05) is 44.2 Å². The molecule has 1 aromatic carbocycles. The zero-order chi connectivity index (χ0) is 9.26. The van der Waals surface area contributed by atoms with E-state index in [0.29, 0.717) is 0 Å². The van der Waals surface area contributed by atoms with E-state index in [2.05, 4.69) is 44.2 Å². The molecule has 0 unspecified atom stereocenters. The van der Waals surface area contributed by atoms with Gasteiger partial charge in [0.1, 0.15) is 0 Å². The fourth-order valence-corrected chi connectivity index (χ4v) is 2.24. The van der Waals surface area contributed by atoms with Gasteiger partial charge in [0, 0.05) is 0 Å². The van der Waals surface area contributed by atoms with Crippen LogP contribution in [-0.4, -0.2) is 0 Å². The van der Waals surface area contributed by atoms with E-state index in [-0.39, 0.29) is 0 Å². The molecule has 2 rings (SSSR count). The second-order valence-corrected chi connectivity index (χ2v) is 4.59. The predicted octanol–water partition coefficient (Wildman–Crippen LogP) is 3.52. The van der Waals surface area contributed by atoms with E-state index < -0.39 is 0 Å². The Bertz CT molecular complexity index is 261. The van der Waals surface area contributed by atoms with E-state index in [1.165, 1.54) is 18.4 Å². The third kappa shape index (κ3) is 2.12. The summed E-state index contributed by atoms with van der Waals surface area (Å²) in [6, 6.07) is 10.9. The van der Waals surface area contributed by atoms with Crippen molar-refractivity contribution in [1.82, 2.24) is 0 Å². The lowest BCUT2D eigenvalue weighted by Gasteiger charge is -2.03. The van der Waals surface area contributed by atoms with E-state index in [4.69, 9.17) is 0 Å². The first-order chi connectivity index (χ1) is 6.27. The average Bonchev–Trinajstić information content (AvgIpc) is 2.86. The van der Waals surface area contributed by atoms with E-state index in [1.807, 2.05) is 0 Å². The third-order valence-corrected chi connectivity index (χ3v) is 3.17. The van der Waals surface area contributed by atoms with Crippen molar-refractivity contribution in [3.8, 4) is 0 Å². The monoisotopic (exact) mass is 174 g/mol. The maximum atomic E-state index is 2.34. The van der Waals surface area contributed by atoms with Gasteiger partial charge in [0.2, 0.25) is 0 Å². The molecule has 0 spiro atoms. The number of hydrogen-bond donors (Lipinski definition) is 0. The van der Waals surface area contributed by atoms with E-state index in [9.17, 15) is 0 Å². The Kier molecular flexibility index (Phi) is 2.39. The van der Waals surface area contributed by atoms with Crippen LogP contribution in [-0.2, 0) is 6.42 Å². The molecule has 0 aliphatic heterocycles. The molecule has 0 aromatic heterocycles. The van der Waals surface area contributed by atoms with Crippen LogP contribution in [0.1, 0.15) is 25.8 Å². The van der Waals surface area contributed by atoms with Crippen LogP contribution in [0.3, 0.4) is 0 Å². The SMILES string of the molecule is CC(C)[C@@H]1C[C@@H]1Cc1ccccc1. The smallest absolute Gasteiger partial charge is 0.0248 e. The normalized spacial score (nSPS) is 26.4. The molecular formula is C13H18. The van der Waals surface area contributed by atoms with E-state index in [1.54, 1.807) is 0 Å². The van der Waals surface area contributed by atoms with Gasteiger partial charge in [0.25, 0.3) is 0 Å². The maximum Gasteiger partial charge on any atom is -0.0248 e. The molecule has 0 radical (unpaired) electrons. The molecule has 0 nitrogen and oxygen atoms in total. The fraction of sp³-hybridized carbons (Fsp3) is 0.538. The van der Waals surface area contributed by atoms with E-state index >= 15 is 0 Å². The van der Waals surface area contributed by atoms with Crippen LogP contribution in [0.4, 0.5) is 0 Å². The topological polar surface area (TPSA) is 0 Å². The van der Waals surface area contributed by atoms with Crippen LogP contribution in [0.5, 0.6) is 0 Å². The highest BCUT2D eigenvalue weighted by Gasteiger charge is 2.38. The largest absolute Gasteiger partial charge is 0.0625 e. The molecule has 1 fully saturated rings. The van der Waals surface area contributed by atoms with Gasteiger partial charge in [-0.3, -0.25) is 0 Å². The second-order valence-electron chi connectivity index (χ2n) is 4.59. The van der Waals surface area contributed by atoms with Crippen LogP contribution in [0.15, 0.2) is 30.3 Å². The zero-order valence-corrected chi connectivity index (χ0v) is 8.53. The summed E-state index contributed by atoms with van der Waals surface area (Å²) in [5, 5.41) is 0. The Labute approximate surface area is 81.0 Å². The molecule has 0 saturated heterocycles. The molecule has 0 bridgehead atoms. The van der Waals surface area contributed by atoms with Crippen molar-refractivity contribution in [1.29, 1.82) is 0 Å². The average molecular weight is 174 g/mol. The lowest BCUT2D eigenvalue weighted by atomic mass is 10.0. The molecule has 13 heavy (non-hydrogen) atoms. The van der Waals surface area contributed by atoms with Crippen molar-refractivity contribution in [2.24, 2.45) is 17.8 Å². The molecule has 0 N–H and O–H groups in total. The van der Waals surface area contributed by atoms with Gasteiger partial charge in [0.05, 0.1) is 0 Å². The molecule has 1 aliphatic carbocycles. The summed E-state index contributed by atoms with van der Waals surface area (Å²) in [7, 11) is 0. The van der Waals surface area contributed by atoms with Crippen LogP contribution in [0.25, 0.3) is 0 Å². The maximum absolute atomic E-state index is 2.34. The standard InChI is InChI=1S/C13H18/c1-10(2)13-9-12(13)8-11-6-4-3-5-7-11/h3-7,10,12-13H,8-9H2,1-2H3/t12-,13-/m0/s1. The van der Waals surface area contributed by atoms with Crippen molar-refractivity contribution in [2.75, 3.05) is 0 Å². The predicted molar refractivity (Wildman–Crippen MR) is 56.6 cm³/mol. The second kappa shape index (κ2) is 3.53. The van der Waals surface area contributed by atoms with Crippen LogP contribution in [0.2, 0.25) is 0 Å². The third-order valence-electron chi connectivity index (χ3n) is 3.17. The summed E-state index contributed by atoms with van der Waals surface area (Å²) >= 11 is 0. The van der Waals surface area contributed by atoms with Crippen molar-refractivity contribution >= 4 is 0 Å². The molecule has 1 aromatic rings. The van der Waals surface area contributed by atoms with Gasteiger partial charge in [-0.2, -0.15) is 0 Å². The summed E-state index contributed by atoms with van der Waals surface area (Å²) in [5.41, 5.74) is 1.51. The minimum atomic E-state index is 0.883. The number of rotatable bonds is 3. The van der Waals surface area contributed by atoms with Gasteiger partial charge >= 0.3 is 0 Å². The summed E-state index contributed by atoms with van der Waals surface area (Å²) in [4.78, 5) is 0. The molecule has 1 aliphatic rings. The van der Waals surface area contributed by atoms with Crippen LogP contribution < -0.4 is 0 Å².